The number of fused-ring (bicyclic) bond motifs is 1. The summed E-state index contributed by atoms with van der Waals surface area (Å²) in [5.41, 5.74) is 3.29. The van der Waals surface area contributed by atoms with E-state index in [1.54, 1.807) is 0 Å². The second-order valence-corrected chi connectivity index (χ2v) is 6.38. The van der Waals surface area contributed by atoms with Crippen molar-refractivity contribution in [3.8, 4) is 5.75 Å². The molecule has 108 valence electrons. The molecule has 2 aromatic carbocycles. The molecule has 4 rings (SSSR count). The van der Waals surface area contributed by atoms with Gasteiger partial charge in [-0.1, -0.05) is 41.9 Å². The summed E-state index contributed by atoms with van der Waals surface area (Å²) < 4.78 is 5.71. The van der Waals surface area contributed by atoms with Gasteiger partial charge < -0.3 is 9.84 Å². The highest BCUT2D eigenvalue weighted by Gasteiger charge is 2.45. The molecule has 2 aliphatic rings. The SMILES string of the molecule is OC(c1cc(Cl)cc2c1OCC2)C1CC1c1ccccc1. The van der Waals surface area contributed by atoms with E-state index in [0.29, 0.717) is 17.5 Å². The van der Waals surface area contributed by atoms with E-state index in [0.717, 1.165) is 29.7 Å². The van der Waals surface area contributed by atoms with Crippen LogP contribution in [0, 0.1) is 5.92 Å². The molecule has 21 heavy (non-hydrogen) atoms. The molecule has 3 unspecified atom stereocenters. The van der Waals surface area contributed by atoms with Crippen LogP contribution in [0.2, 0.25) is 5.02 Å². The number of rotatable bonds is 3. The lowest BCUT2D eigenvalue weighted by atomic mass is 9.98. The van der Waals surface area contributed by atoms with Gasteiger partial charge in [-0.25, -0.2) is 0 Å². The molecule has 1 aliphatic heterocycles. The van der Waals surface area contributed by atoms with E-state index in [-0.39, 0.29) is 5.92 Å². The molecule has 3 atom stereocenters. The van der Waals surface area contributed by atoms with Gasteiger partial charge in [-0.15, -0.1) is 0 Å². The molecular formula is C18H17ClO2. The Morgan fingerprint density at radius 3 is 2.81 bits per heavy atom. The lowest BCUT2D eigenvalue weighted by molar-refractivity contribution is 0.147. The average molecular weight is 301 g/mol. The van der Waals surface area contributed by atoms with E-state index in [9.17, 15) is 5.11 Å². The number of ether oxygens (including phenoxy) is 1. The van der Waals surface area contributed by atoms with Crippen LogP contribution in [-0.2, 0) is 6.42 Å². The zero-order valence-electron chi connectivity index (χ0n) is 11.6. The summed E-state index contributed by atoms with van der Waals surface area (Å²) in [5.74, 6) is 1.56. The van der Waals surface area contributed by atoms with Crippen molar-refractivity contribution in [1.82, 2.24) is 0 Å². The zero-order chi connectivity index (χ0) is 14.4. The molecule has 1 fully saturated rings. The van der Waals surface area contributed by atoms with E-state index in [2.05, 4.69) is 24.3 Å². The standard InChI is InChI=1S/C18H17ClO2/c19-13-8-12-6-7-21-18(12)16(9-13)17(20)15-10-14(15)11-4-2-1-3-5-11/h1-5,8-9,14-15,17,20H,6-7,10H2. The van der Waals surface area contributed by atoms with E-state index in [1.807, 2.05) is 18.2 Å². The third-order valence-electron chi connectivity index (χ3n) is 4.57. The summed E-state index contributed by atoms with van der Waals surface area (Å²) in [4.78, 5) is 0. The summed E-state index contributed by atoms with van der Waals surface area (Å²) >= 11 is 6.18. The van der Waals surface area contributed by atoms with Crippen molar-refractivity contribution < 1.29 is 9.84 Å². The van der Waals surface area contributed by atoms with E-state index >= 15 is 0 Å². The van der Waals surface area contributed by atoms with Gasteiger partial charge in [-0.2, -0.15) is 0 Å². The van der Waals surface area contributed by atoms with Crippen LogP contribution in [0.15, 0.2) is 42.5 Å². The highest BCUT2D eigenvalue weighted by molar-refractivity contribution is 6.30. The van der Waals surface area contributed by atoms with Crippen molar-refractivity contribution in [2.45, 2.75) is 24.9 Å². The van der Waals surface area contributed by atoms with Crippen LogP contribution in [0.1, 0.15) is 35.1 Å². The first-order valence-corrected chi connectivity index (χ1v) is 7.80. The predicted octanol–water partition coefficient (Wildman–Crippen LogP) is 4.11. The van der Waals surface area contributed by atoms with Crippen molar-refractivity contribution >= 4 is 11.6 Å². The molecule has 2 aromatic rings. The molecule has 1 heterocycles. The minimum absolute atomic E-state index is 0.263. The topological polar surface area (TPSA) is 29.5 Å². The first-order valence-electron chi connectivity index (χ1n) is 7.42. The van der Waals surface area contributed by atoms with Gasteiger partial charge in [0.25, 0.3) is 0 Å². The Morgan fingerprint density at radius 2 is 2.00 bits per heavy atom. The van der Waals surface area contributed by atoms with Crippen LogP contribution in [0.5, 0.6) is 5.75 Å². The molecule has 1 saturated carbocycles. The van der Waals surface area contributed by atoms with Gasteiger partial charge in [0, 0.05) is 17.0 Å². The van der Waals surface area contributed by atoms with Gasteiger partial charge in [-0.3, -0.25) is 0 Å². The monoisotopic (exact) mass is 300 g/mol. The van der Waals surface area contributed by atoms with Gasteiger partial charge in [-0.05, 0) is 41.5 Å². The van der Waals surface area contributed by atoms with Crippen LogP contribution >= 0.6 is 11.6 Å². The maximum Gasteiger partial charge on any atom is 0.128 e. The van der Waals surface area contributed by atoms with Crippen LogP contribution in [-0.4, -0.2) is 11.7 Å². The molecule has 0 amide bonds. The van der Waals surface area contributed by atoms with Gasteiger partial charge in [0.1, 0.15) is 5.75 Å². The molecule has 3 heteroatoms. The molecule has 0 radical (unpaired) electrons. The Bertz CT molecular complexity index is 668. The van der Waals surface area contributed by atoms with Gasteiger partial charge in [0.15, 0.2) is 0 Å². The first kappa shape index (κ1) is 13.2. The van der Waals surface area contributed by atoms with Gasteiger partial charge in [0.05, 0.1) is 12.7 Å². The summed E-state index contributed by atoms with van der Waals surface area (Å²) in [5, 5.41) is 11.4. The lowest BCUT2D eigenvalue weighted by Crippen LogP contribution is -2.04. The Hall–Kier alpha value is -1.51. The Morgan fingerprint density at radius 1 is 1.19 bits per heavy atom. The smallest absolute Gasteiger partial charge is 0.128 e. The summed E-state index contributed by atoms with van der Waals surface area (Å²) in [6.07, 6.45) is 1.40. The van der Waals surface area contributed by atoms with E-state index in [4.69, 9.17) is 16.3 Å². The fraction of sp³-hybridized carbons (Fsp3) is 0.333. The molecule has 0 saturated heterocycles. The van der Waals surface area contributed by atoms with Crippen LogP contribution in [0.4, 0.5) is 0 Å². The van der Waals surface area contributed by atoms with Crippen molar-refractivity contribution in [2.75, 3.05) is 6.61 Å². The van der Waals surface area contributed by atoms with E-state index in [1.165, 1.54) is 5.56 Å². The maximum absolute atomic E-state index is 10.7. The molecule has 0 aromatic heterocycles. The average Bonchev–Trinajstić information content (AvgIpc) is 3.17. The second-order valence-electron chi connectivity index (χ2n) is 5.94. The summed E-state index contributed by atoms with van der Waals surface area (Å²) in [7, 11) is 0. The van der Waals surface area contributed by atoms with Crippen LogP contribution in [0.25, 0.3) is 0 Å². The third-order valence-corrected chi connectivity index (χ3v) is 4.79. The summed E-state index contributed by atoms with van der Waals surface area (Å²) in [6, 6.07) is 14.2. The largest absolute Gasteiger partial charge is 0.493 e. The van der Waals surface area contributed by atoms with Crippen molar-refractivity contribution in [1.29, 1.82) is 0 Å². The quantitative estimate of drug-likeness (QED) is 0.924. The van der Waals surface area contributed by atoms with Crippen molar-refractivity contribution in [3.05, 3.63) is 64.2 Å². The van der Waals surface area contributed by atoms with Gasteiger partial charge >= 0.3 is 0 Å². The molecule has 2 nitrogen and oxygen atoms in total. The number of aliphatic hydroxyl groups is 1. The number of hydrogen-bond acceptors (Lipinski definition) is 2. The van der Waals surface area contributed by atoms with Crippen molar-refractivity contribution in [3.63, 3.8) is 0 Å². The second kappa shape index (κ2) is 5.04. The maximum atomic E-state index is 10.7. The van der Waals surface area contributed by atoms with Gasteiger partial charge in [0.2, 0.25) is 0 Å². The third kappa shape index (κ3) is 2.33. The number of halogens is 1. The first-order chi connectivity index (χ1) is 10.2. The fourth-order valence-corrected chi connectivity index (χ4v) is 3.64. The minimum Gasteiger partial charge on any atom is -0.493 e. The number of benzene rings is 2. The highest BCUT2D eigenvalue weighted by atomic mass is 35.5. The molecule has 0 bridgehead atoms. The minimum atomic E-state index is -0.499. The highest BCUT2D eigenvalue weighted by Crippen LogP contribution is 2.55. The summed E-state index contributed by atoms with van der Waals surface area (Å²) in [6.45, 7) is 0.683. The molecule has 1 N–H and O–H groups in total. The fourth-order valence-electron chi connectivity index (χ4n) is 3.40. The normalized spacial score (nSPS) is 24.3. The Labute approximate surface area is 129 Å². The molecule has 0 spiro atoms. The number of aliphatic hydroxyl groups excluding tert-OH is 1. The molecular weight excluding hydrogens is 284 g/mol. The number of hydrogen-bond donors (Lipinski definition) is 1. The van der Waals surface area contributed by atoms with E-state index < -0.39 is 6.10 Å². The van der Waals surface area contributed by atoms with Crippen LogP contribution < -0.4 is 4.74 Å². The Kier molecular flexibility index (Phi) is 3.16. The molecule has 1 aliphatic carbocycles. The van der Waals surface area contributed by atoms with Crippen molar-refractivity contribution in [2.24, 2.45) is 5.92 Å². The lowest BCUT2D eigenvalue weighted by Gasteiger charge is -2.15. The Balaban J connectivity index is 1.61. The van der Waals surface area contributed by atoms with Crippen LogP contribution in [0.3, 0.4) is 0 Å². The predicted molar refractivity (Wildman–Crippen MR) is 82.9 cm³/mol. The zero-order valence-corrected chi connectivity index (χ0v) is 12.4.